The summed E-state index contributed by atoms with van der Waals surface area (Å²) in [6.07, 6.45) is 3.41. The zero-order valence-electron chi connectivity index (χ0n) is 19.4. The fourth-order valence-electron chi connectivity index (χ4n) is 5.53. The van der Waals surface area contributed by atoms with E-state index >= 15 is 0 Å². The normalized spacial score (nSPS) is 22.2. The molecule has 3 aromatic carbocycles. The quantitative estimate of drug-likeness (QED) is 0.518. The Morgan fingerprint density at radius 2 is 1.51 bits per heavy atom. The molecule has 178 valence electrons. The molecule has 1 atom stereocenters. The topological polar surface area (TPSA) is 80.8 Å². The summed E-state index contributed by atoms with van der Waals surface area (Å²) in [7, 11) is -3.23. The van der Waals surface area contributed by atoms with E-state index in [-0.39, 0.29) is 11.9 Å². The Morgan fingerprint density at radius 3 is 2.14 bits per heavy atom. The highest BCUT2D eigenvalue weighted by molar-refractivity contribution is 7.90. The first-order valence-corrected chi connectivity index (χ1v) is 13.6. The molecule has 0 bridgehead atoms. The van der Waals surface area contributed by atoms with Gasteiger partial charge in [0.05, 0.1) is 22.4 Å². The monoisotopic (exact) mass is 487 g/mol. The molecule has 1 unspecified atom stereocenters. The van der Waals surface area contributed by atoms with Crippen molar-refractivity contribution in [2.75, 3.05) is 19.3 Å². The predicted molar refractivity (Wildman–Crippen MR) is 131 cm³/mol. The maximum absolute atomic E-state index is 13.7. The number of hydrogen-bond donors (Lipinski definition) is 0. The van der Waals surface area contributed by atoms with E-state index in [2.05, 4.69) is 0 Å². The molecular weight excluding hydrogens is 462 g/mol. The van der Waals surface area contributed by atoms with Crippen LogP contribution in [-0.2, 0) is 30.4 Å². The minimum absolute atomic E-state index is 0.0973. The van der Waals surface area contributed by atoms with Crippen LogP contribution >= 0.6 is 0 Å². The third-order valence-corrected chi connectivity index (χ3v) is 8.79. The molecule has 2 aliphatic heterocycles. The van der Waals surface area contributed by atoms with Gasteiger partial charge in [-0.3, -0.25) is 4.79 Å². The van der Waals surface area contributed by atoms with Crippen molar-refractivity contribution >= 4 is 21.7 Å². The molecule has 6 rings (SSSR count). The number of hydrogen-bond acceptors (Lipinski definition) is 5. The van der Waals surface area contributed by atoms with Gasteiger partial charge >= 0.3 is 5.97 Å². The van der Waals surface area contributed by atoms with E-state index in [1.165, 1.54) is 6.26 Å². The summed E-state index contributed by atoms with van der Waals surface area (Å²) >= 11 is 0. The number of carbonyl (C=O) groups is 2. The molecule has 0 N–H and O–H groups in total. The lowest BCUT2D eigenvalue weighted by atomic mass is 9.91. The van der Waals surface area contributed by atoms with Gasteiger partial charge in [-0.2, -0.15) is 0 Å². The zero-order valence-corrected chi connectivity index (χ0v) is 20.2. The van der Waals surface area contributed by atoms with Crippen molar-refractivity contribution in [2.24, 2.45) is 0 Å². The van der Waals surface area contributed by atoms with Gasteiger partial charge in [0.25, 0.3) is 0 Å². The highest BCUT2D eigenvalue weighted by atomic mass is 32.2. The highest BCUT2D eigenvalue weighted by Gasteiger charge is 2.57. The van der Waals surface area contributed by atoms with Crippen LogP contribution in [0.5, 0.6) is 0 Å². The summed E-state index contributed by atoms with van der Waals surface area (Å²) in [5, 5.41) is 0. The molecular formula is C28H25NO5S. The lowest BCUT2D eigenvalue weighted by Crippen LogP contribution is -2.40. The van der Waals surface area contributed by atoms with Gasteiger partial charge in [-0.1, -0.05) is 54.6 Å². The van der Waals surface area contributed by atoms with Crippen molar-refractivity contribution in [1.29, 1.82) is 0 Å². The highest BCUT2D eigenvalue weighted by Crippen LogP contribution is 2.52. The van der Waals surface area contributed by atoms with Gasteiger partial charge in [0, 0.05) is 24.8 Å². The van der Waals surface area contributed by atoms with Crippen LogP contribution < -0.4 is 0 Å². The van der Waals surface area contributed by atoms with E-state index in [9.17, 15) is 18.0 Å². The zero-order chi connectivity index (χ0) is 24.4. The van der Waals surface area contributed by atoms with Crippen LogP contribution in [0.25, 0.3) is 11.1 Å². The minimum Gasteiger partial charge on any atom is -0.449 e. The number of benzene rings is 3. The summed E-state index contributed by atoms with van der Waals surface area (Å²) in [5.74, 6) is -0.212. The van der Waals surface area contributed by atoms with Gasteiger partial charge in [-0.25, -0.2) is 13.2 Å². The number of sulfone groups is 1. The fraction of sp³-hybridized carbons (Fsp3) is 0.286. The van der Waals surface area contributed by atoms with Gasteiger partial charge in [0.2, 0.25) is 5.91 Å². The van der Waals surface area contributed by atoms with E-state index < -0.39 is 20.9 Å². The van der Waals surface area contributed by atoms with Gasteiger partial charge in [0.15, 0.2) is 15.4 Å². The summed E-state index contributed by atoms with van der Waals surface area (Å²) < 4.78 is 29.3. The predicted octanol–water partition coefficient (Wildman–Crippen LogP) is 4.09. The van der Waals surface area contributed by atoms with Gasteiger partial charge in [0.1, 0.15) is 0 Å². The summed E-state index contributed by atoms with van der Waals surface area (Å²) in [6.45, 7) is 0.952. The van der Waals surface area contributed by atoms with Crippen molar-refractivity contribution in [3.05, 3.63) is 89.5 Å². The first-order valence-electron chi connectivity index (χ1n) is 11.8. The second kappa shape index (κ2) is 7.52. The lowest BCUT2D eigenvalue weighted by molar-refractivity contribution is -0.134. The summed E-state index contributed by atoms with van der Waals surface area (Å²) in [4.78, 5) is 28.2. The molecule has 1 saturated carbocycles. The fourth-order valence-corrected chi connectivity index (χ4v) is 6.16. The Morgan fingerprint density at radius 1 is 0.886 bits per heavy atom. The number of esters is 1. The van der Waals surface area contributed by atoms with E-state index in [4.69, 9.17) is 4.74 Å². The number of carbonyl (C=O) groups excluding carboxylic acids is 2. The van der Waals surface area contributed by atoms with Gasteiger partial charge < -0.3 is 9.64 Å². The molecule has 0 radical (unpaired) electrons. The smallest absolute Gasteiger partial charge is 0.339 e. The molecule has 1 amide bonds. The molecule has 0 aromatic heterocycles. The Kier molecular flexibility index (Phi) is 4.74. The van der Waals surface area contributed by atoms with Gasteiger partial charge in [-0.15, -0.1) is 0 Å². The van der Waals surface area contributed by atoms with Crippen molar-refractivity contribution in [1.82, 2.24) is 4.90 Å². The third kappa shape index (κ3) is 3.48. The number of likely N-dealkylation sites (tertiary alicyclic amines) is 1. The summed E-state index contributed by atoms with van der Waals surface area (Å²) in [5.41, 5.74) is 3.10. The molecule has 1 aliphatic carbocycles. The van der Waals surface area contributed by atoms with E-state index in [1.807, 2.05) is 47.4 Å². The van der Waals surface area contributed by atoms with Crippen LogP contribution in [0.1, 0.15) is 40.7 Å². The maximum Gasteiger partial charge on any atom is 0.339 e. The number of fused-ring (bicyclic) bond motifs is 2. The standard InChI is InChI=1S/C28H25NO5S/c1-35(32,33)22-12-8-20(9-13-22)19-6-10-21(11-7-19)27(14-15-27)26(31)29-17-16-28(18-29)24-5-3-2-4-23(24)25(30)34-28/h2-13H,14-18H2,1H3. The second-order valence-corrected chi connectivity index (χ2v) is 11.9. The number of amides is 1. The van der Waals surface area contributed by atoms with Crippen LogP contribution in [0.2, 0.25) is 0 Å². The Balaban J connectivity index is 1.22. The van der Waals surface area contributed by atoms with E-state index in [1.54, 1.807) is 30.3 Å². The third-order valence-electron chi connectivity index (χ3n) is 7.66. The van der Waals surface area contributed by atoms with Crippen LogP contribution in [-0.4, -0.2) is 44.5 Å². The number of ether oxygens (including phenoxy) is 1. The lowest BCUT2D eigenvalue weighted by Gasteiger charge is -2.27. The number of rotatable bonds is 4. The molecule has 1 spiro atoms. The van der Waals surface area contributed by atoms with E-state index in [0.717, 1.165) is 35.1 Å². The van der Waals surface area contributed by atoms with E-state index in [0.29, 0.717) is 30.0 Å². The van der Waals surface area contributed by atoms with Gasteiger partial charge in [-0.05, 0) is 47.7 Å². The van der Waals surface area contributed by atoms with Crippen molar-refractivity contribution in [2.45, 2.75) is 35.2 Å². The Labute approximate surface area is 204 Å². The molecule has 7 heteroatoms. The molecule has 35 heavy (non-hydrogen) atoms. The van der Waals surface area contributed by atoms with Crippen LogP contribution in [0.3, 0.4) is 0 Å². The minimum atomic E-state index is -3.23. The SMILES string of the molecule is CS(=O)(=O)c1ccc(-c2ccc(C3(C(=O)N4CCC5(C4)OC(=O)c4ccccc45)CC3)cc2)cc1. The van der Waals surface area contributed by atoms with Crippen LogP contribution in [0, 0.1) is 0 Å². The first kappa shape index (κ1) is 22.0. The molecule has 3 aliphatic rings. The molecule has 1 saturated heterocycles. The molecule has 3 aromatic rings. The second-order valence-electron chi connectivity index (χ2n) is 9.86. The maximum atomic E-state index is 13.7. The summed E-state index contributed by atoms with van der Waals surface area (Å²) in [6, 6.07) is 22.3. The molecule has 2 heterocycles. The Bertz CT molecular complexity index is 1460. The first-order chi connectivity index (χ1) is 16.7. The van der Waals surface area contributed by atoms with Crippen molar-refractivity contribution in [3.8, 4) is 11.1 Å². The molecule has 6 nitrogen and oxygen atoms in total. The molecule has 2 fully saturated rings. The van der Waals surface area contributed by atoms with Crippen LogP contribution in [0.4, 0.5) is 0 Å². The van der Waals surface area contributed by atoms with Crippen molar-refractivity contribution in [3.63, 3.8) is 0 Å². The number of nitrogens with zero attached hydrogens (tertiary/aromatic N) is 1. The van der Waals surface area contributed by atoms with Crippen molar-refractivity contribution < 1.29 is 22.7 Å². The Hall–Kier alpha value is -3.45. The largest absolute Gasteiger partial charge is 0.449 e. The average molecular weight is 488 g/mol. The average Bonchev–Trinajstić information content (AvgIpc) is 3.49. The van der Waals surface area contributed by atoms with Crippen LogP contribution in [0.15, 0.2) is 77.7 Å².